The van der Waals surface area contributed by atoms with Crippen molar-refractivity contribution in [3.8, 4) is 0 Å². The Morgan fingerprint density at radius 2 is 1.41 bits per heavy atom. The van der Waals surface area contributed by atoms with Gasteiger partial charge in [-0.05, 0) is 66.2 Å². The highest BCUT2D eigenvalue weighted by atomic mass is 79.9. The molecule has 0 spiro atoms. The van der Waals surface area contributed by atoms with Gasteiger partial charge in [-0.15, -0.1) is 11.8 Å². The van der Waals surface area contributed by atoms with E-state index in [4.69, 9.17) is 5.11 Å². The van der Waals surface area contributed by atoms with Crippen molar-refractivity contribution < 1.29 is 29.4 Å². The van der Waals surface area contributed by atoms with Crippen LogP contribution in [-0.2, 0) is 4.79 Å². The van der Waals surface area contributed by atoms with Gasteiger partial charge in [0, 0.05) is 20.7 Å². The molecule has 0 aliphatic carbocycles. The molecule has 2 amide bonds. The van der Waals surface area contributed by atoms with Gasteiger partial charge in [-0.3, -0.25) is 9.59 Å². The molecule has 4 rings (SSSR count). The Morgan fingerprint density at radius 3 is 2.08 bits per heavy atom. The molecule has 196 valence electrons. The number of nitrogens with one attached hydrogen (secondary N) is 2. The maximum absolute atomic E-state index is 13.3. The number of carbonyl (C=O) groups excluding carboxylic acids is 2. The maximum Gasteiger partial charge on any atom is 0.336 e. The SMILES string of the molecule is O=C(O)c1ccc(C(=O)Nc2cccc(SC(C(=O)Nc3ccc(Br)cc3)c3ccccc3)c2)c(C(=O)O)c1. The van der Waals surface area contributed by atoms with Crippen LogP contribution in [0.25, 0.3) is 0 Å². The Morgan fingerprint density at radius 1 is 0.692 bits per heavy atom. The first-order chi connectivity index (χ1) is 18.7. The van der Waals surface area contributed by atoms with E-state index in [1.54, 1.807) is 36.4 Å². The zero-order chi connectivity index (χ0) is 27.9. The van der Waals surface area contributed by atoms with E-state index in [2.05, 4.69) is 26.6 Å². The molecule has 10 heteroatoms. The van der Waals surface area contributed by atoms with Crippen LogP contribution in [0.2, 0.25) is 0 Å². The number of benzene rings is 4. The number of hydrogen-bond acceptors (Lipinski definition) is 5. The molecular weight excluding hydrogens is 584 g/mol. The number of carbonyl (C=O) groups is 4. The molecule has 4 aromatic carbocycles. The van der Waals surface area contributed by atoms with Crippen LogP contribution in [0.15, 0.2) is 106 Å². The normalized spacial score (nSPS) is 11.3. The first-order valence-corrected chi connectivity index (χ1v) is 13.2. The Balaban J connectivity index is 1.56. The molecule has 0 radical (unpaired) electrons. The summed E-state index contributed by atoms with van der Waals surface area (Å²) in [6, 6.07) is 26.6. The Bertz CT molecular complexity index is 1540. The van der Waals surface area contributed by atoms with Gasteiger partial charge in [-0.1, -0.05) is 52.3 Å². The molecular formula is C29H21BrN2O6S. The van der Waals surface area contributed by atoms with E-state index < -0.39 is 28.7 Å². The maximum atomic E-state index is 13.3. The highest BCUT2D eigenvalue weighted by molar-refractivity contribution is 9.10. The number of carboxylic acids is 2. The lowest BCUT2D eigenvalue weighted by molar-refractivity contribution is -0.115. The van der Waals surface area contributed by atoms with E-state index >= 15 is 0 Å². The summed E-state index contributed by atoms with van der Waals surface area (Å²) < 4.78 is 0.890. The Labute approximate surface area is 236 Å². The van der Waals surface area contributed by atoms with E-state index in [0.29, 0.717) is 16.3 Å². The van der Waals surface area contributed by atoms with Gasteiger partial charge in [-0.2, -0.15) is 0 Å². The average Bonchev–Trinajstić information content (AvgIpc) is 2.93. The second kappa shape index (κ2) is 12.4. The van der Waals surface area contributed by atoms with Crippen molar-refractivity contribution in [2.75, 3.05) is 10.6 Å². The number of anilines is 2. The molecule has 0 heterocycles. The third-order valence-electron chi connectivity index (χ3n) is 5.54. The zero-order valence-electron chi connectivity index (χ0n) is 20.1. The predicted molar refractivity (Wildman–Crippen MR) is 153 cm³/mol. The number of rotatable bonds is 9. The van der Waals surface area contributed by atoms with E-state index in [9.17, 15) is 24.3 Å². The summed E-state index contributed by atoms with van der Waals surface area (Å²) in [7, 11) is 0. The van der Waals surface area contributed by atoms with Crippen molar-refractivity contribution in [3.63, 3.8) is 0 Å². The van der Waals surface area contributed by atoms with Crippen LogP contribution in [0, 0.1) is 0 Å². The van der Waals surface area contributed by atoms with E-state index in [1.165, 1.54) is 23.9 Å². The van der Waals surface area contributed by atoms with Gasteiger partial charge in [0.15, 0.2) is 0 Å². The fourth-order valence-electron chi connectivity index (χ4n) is 3.68. The minimum absolute atomic E-state index is 0.179. The third kappa shape index (κ3) is 7.13. The van der Waals surface area contributed by atoms with Crippen molar-refractivity contribution in [1.29, 1.82) is 0 Å². The van der Waals surface area contributed by atoms with Gasteiger partial charge >= 0.3 is 11.9 Å². The first-order valence-electron chi connectivity index (χ1n) is 11.5. The minimum atomic E-state index is -1.42. The van der Waals surface area contributed by atoms with E-state index in [1.807, 2.05) is 42.5 Å². The highest BCUT2D eigenvalue weighted by Crippen LogP contribution is 2.37. The lowest BCUT2D eigenvalue weighted by Gasteiger charge is -2.18. The molecule has 0 saturated heterocycles. The van der Waals surface area contributed by atoms with Crippen LogP contribution in [-0.4, -0.2) is 34.0 Å². The van der Waals surface area contributed by atoms with Crippen LogP contribution in [0.5, 0.6) is 0 Å². The fraction of sp³-hybridized carbons (Fsp3) is 0.0345. The van der Waals surface area contributed by atoms with Gasteiger partial charge in [0.1, 0.15) is 5.25 Å². The number of amides is 2. The topological polar surface area (TPSA) is 133 Å². The quantitative estimate of drug-likeness (QED) is 0.159. The van der Waals surface area contributed by atoms with E-state index in [-0.39, 0.29) is 17.0 Å². The van der Waals surface area contributed by atoms with Crippen molar-refractivity contribution in [2.24, 2.45) is 0 Å². The van der Waals surface area contributed by atoms with Gasteiger partial charge in [0.2, 0.25) is 5.91 Å². The monoisotopic (exact) mass is 604 g/mol. The summed E-state index contributed by atoms with van der Waals surface area (Å²) in [6.07, 6.45) is 0. The zero-order valence-corrected chi connectivity index (χ0v) is 22.5. The van der Waals surface area contributed by atoms with Crippen LogP contribution in [0.4, 0.5) is 11.4 Å². The summed E-state index contributed by atoms with van der Waals surface area (Å²) in [4.78, 5) is 49.8. The third-order valence-corrected chi connectivity index (χ3v) is 7.32. The van der Waals surface area contributed by atoms with Gasteiger partial charge in [0.25, 0.3) is 5.91 Å². The summed E-state index contributed by atoms with van der Waals surface area (Å²) in [5.74, 6) is -3.66. The van der Waals surface area contributed by atoms with Crippen molar-refractivity contribution >= 4 is 62.8 Å². The molecule has 0 bridgehead atoms. The number of carboxylic acid groups (broad SMARTS) is 2. The molecule has 0 saturated carbocycles. The number of aromatic carboxylic acids is 2. The molecule has 0 aliphatic heterocycles. The molecule has 4 aromatic rings. The second-order valence-electron chi connectivity index (χ2n) is 8.26. The summed E-state index contributed by atoms with van der Waals surface area (Å²) in [5, 5.41) is 23.6. The number of halogens is 1. The molecule has 8 nitrogen and oxygen atoms in total. The first kappa shape index (κ1) is 27.6. The fourth-order valence-corrected chi connectivity index (χ4v) is 5.02. The minimum Gasteiger partial charge on any atom is -0.478 e. The molecule has 1 unspecified atom stereocenters. The molecule has 1 atom stereocenters. The summed E-state index contributed by atoms with van der Waals surface area (Å²) >= 11 is 4.67. The molecule has 0 aromatic heterocycles. The lowest BCUT2D eigenvalue weighted by atomic mass is 10.0. The Hall–Kier alpha value is -4.41. The van der Waals surface area contributed by atoms with Crippen LogP contribution >= 0.6 is 27.7 Å². The summed E-state index contributed by atoms with van der Waals surface area (Å²) in [6.45, 7) is 0. The van der Waals surface area contributed by atoms with Crippen LogP contribution < -0.4 is 10.6 Å². The highest BCUT2D eigenvalue weighted by Gasteiger charge is 2.23. The molecule has 39 heavy (non-hydrogen) atoms. The largest absolute Gasteiger partial charge is 0.478 e. The van der Waals surface area contributed by atoms with Gasteiger partial charge in [-0.25, -0.2) is 9.59 Å². The van der Waals surface area contributed by atoms with Crippen molar-refractivity contribution in [3.05, 3.63) is 124 Å². The number of thioether (sulfide) groups is 1. The van der Waals surface area contributed by atoms with Crippen molar-refractivity contribution in [1.82, 2.24) is 0 Å². The molecule has 0 aliphatic rings. The average molecular weight is 605 g/mol. The lowest BCUT2D eigenvalue weighted by Crippen LogP contribution is -2.19. The van der Waals surface area contributed by atoms with Gasteiger partial charge < -0.3 is 20.8 Å². The Kier molecular flexibility index (Phi) is 8.80. The van der Waals surface area contributed by atoms with Crippen LogP contribution in [0.3, 0.4) is 0 Å². The second-order valence-corrected chi connectivity index (χ2v) is 10.4. The van der Waals surface area contributed by atoms with Crippen LogP contribution in [0.1, 0.15) is 41.9 Å². The molecule has 0 fully saturated rings. The van der Waals surface area contributed by atoms with Crippen molar-refractivity contribution in [2.45, 2.75) is 10.1 Å². The van der Waals surface area contributed by atoms with E-state index in [0.717, 1.165) is 16.1 Å². The van der Waals surface area contributed by atoms with Gasteiger partial charge in [0.05, 0.1) is 16.7 Å². The summed E-state index contributed by atoms with van der Waals surface area (Å²) in [5.41, 5.74) is 0.970. The predicted octanol–water partition coefficient (Wildman–Crippen LogP) is 6.57. The standard InChI is InChI=1S/C29H21BrN2O6S/c30-19-10-12-20(13-11-19)31-27(34)25(17-5-2-1-3-6-17)39-22-8-4-7-21(16-22)32-26(33)23-14-9-18(28(35)36)15-24(23)29(37)38/h1-16,25H,(H,31,34)(H,32,33)(H,35,36)(H,37,38). The number of hydrogen-bond donors (Lipinski definition) is 4. The molecule has 4 N–H and O–H groups in total. The smallest absolute Gasteiger partial charge is 0.336 e.